The predicted molar refractivity (Wildman–Crippen MR) is 49.6 cm³/mol. The molecular formula is C9H20N2O. The monoisotopic (exact) mass is 172 g/mol. The Morgan fingerprint density at radius 3 is 2.08 bits per heavy atom. The first-order valence-corrected chi connectivity index (χ1v) is 4.64. The second kappa shape index (κ2) is 3.73. The Balaban J connectivity index is 2.36. The zero-order valence-corrected chi connectivity index (χ0v) is 8.34. The van der Waals surface area contributed by atoms with E-state index in [0.29, 0.717) is 5.54 Å². The first-order valence-electron chi connectivity index (χ1n) is 4.64. The van der Waals surface area contributed by atoms with Crippen molar-refractivity contribution in [3.8, 4) is 0 Å². The topological polar surface area (TPSA) is 38.5 Å². The van der Waals surface area contributed by atoms with Crippen LogP contribution in [0.1, 0.15) is 33.6 Å². The summed E-state index contributed by atoms with van der Waals surface area (Å²) in [5.41, 5.74) is 0.291. The highest BCUT2D eigenvalue weighted by molar-refractivity contribution is 4.81. The molecule has 0 atom stereocenters. The molecule has 2 N–H and O–H groups in total. The van der Waals surface area contributed by atoms with Gasteiger partial charge in [0.2, 0.25) is 0 Å². The molecule has 0 spiro atoms. The molecule has 12 heavy (non-hydrogen) atoms. The molecule has 72 valence electrons. The Morgan fingerprint density at radius 2 is 1.75 bits per heavy atom. The van der Waals surface area contributed by atoms with Gasteiger partial charge in [-0.25, -0.2) is 5.90 Å². The van der Waals surface area contributed by atoms with Gasteiger partial charge in [0, 0.05) is 18.6 Å². The van der Waals surface area contributed by atoms with E-state index < -0.39 is 0 Å². The summed E-state index contributed by atoms with van der Waals surface area (Å²) in [5, 5.41) is 0. The van der Waals surface area contributed by atoms with Crippen molar-refractivity contribution in [3.05, 3.63) is 0 Å². The largest absolute Gasteiger partial charge is 0.301 e. The van der Waals surface area contributed by atoms with Gasteiger partial charge in [-0.2, -0.15) is 0 Å². The fraction of sp³-hybridized carbons (Fsp3) is 1.00. The summed E-state index contributed by atoms with van der Waals surface area (Å²) < 4.78 is 0. The highest BCUT2D eigenvalue weighted by atomic mass is 16.6. The minimum absolute atomic E-state index is 0.281. The number of nitrogens with two attached hydrogens (primary N) is 1. The van der Waals surface area contributed by atoms with Crippen LogP contribution in [0.3, 0.4) is 0 Å². The van der Waals surface area contributed by atoms with Crippen molar-refractivity contribution in [2.45, 2.75) is 45.3 Å². The van der Waals surface area contributed by atoms with Crippen LogP contribution in [0.15, 0.2) is 0 Å². The van der Waals surface area contributed by atoms with Gasteiger partial charge < -0.3 is 4.84 Å². The van der Waals surface area contributed by atoms with Crippen molar-refractivity contribution in [2.24, 2.45) is 5.90 Å². The summed E-state index contributed by atoms with van der Waals surface area (Å²) in [6, 6.07) is 0. The van der Waals surface area contributed by atoms with E-state index in [9.17, 15) is 0 Å². The lowest BCUT2D eigenvalue weighted by atomic mass is 10.00. The fourth-order valence-electron chi connectivity index (χ4n) is 1.66. The zero-order valence-electron chi connectivity index (χ0n) is 8.34. The van der Waals surface area contributed by atoms with Crippen LogP contribution in [0, 0.1) is 0 Å². The Bertz CT molecular complexity index is 134. The van der Waals surface area contributed by atoms with Gasteiger partial charge in [0.25, 0.3) is 0 Å². The highest BCUT2D eigenvalue weighted by Gasteiger charge is 2.26. The number of rotatable bonds is 1. The lowest BCUT2D eigenvalue weighted by Gasteiger charge is -2.40. The average Bonchev–Trinajstić information content (AvgIpc) is 2.03. The van der Waals surface area contributed by atoms with E-state index >= 15 is 0 Å². The van der Waals surface area contributed by atoms with Gasteiger partial charge >= 0.3 is 0 Å². The van der Waals surface area contributed by atoms with E-state index in [1.165, 1.54) is 0 Å². The molecule has 0 aromatic heterocycles. The maximum Gasteiger partial charge on any atom is 0.0811 e. The minimum Gasteiger partial charge on any atom is -0.301 e. The Kier molecular flexibility index (Phi) is 3.09. The Labute approximate surface area is 74.8 Å². The molecule has 1 aliphatic heterocycles. The summed E-state index contributed by atoms with van der Waals surface area (Å²) in [5.74, 6) is 5.14. The standard InChI is InChI=1S/C9H20N2O/c1-9(2,3)11-6-4-8(12-10)5-7-11/h8H,4-7,10H2,1-3H3. The van der Waals surface area contributed by atoms with Crippen LogP contribution in [-0.2, 0) is 4.84 Å². The van der Waals surface area contributed by atoms with Gasteiger partial charge in [-0.15, -0.1) is 0 Å². The molecule has 1 heterocycles. The smallest absolute Gasteiger partial charge is 0.0811 e. The number of hydrogen-bond acceptors (Lipinski definition) is 3. The fourth-order valence-corrected chi connectivity index (χ4v) is 1.66. The van der Waals surface area contributed by atoms with Gasteiger partial charge in [0.05, 0.1) is 6.10 Å². The van der Waals surface area contributed by atoms with E-state index in [-0.39, 0.29) is 6.10 Å². The number of hydrogen-bond donors (Lipinski definition) is 1. The molecule has 0 aromatic carbocycles. The Hall–Kier alpha value is -0.120. The normalized spacial score (nSPS) is 23.0. The maximum atomic E-state index is 5.14. The molecule has 0 saturated carbocycles. The first kappa shape index (κ1) is 9.96. The third-order valence-electron chi connectivity index (χ3n) is 2.58. The summed E-state index contributed by atoms with van der Waals surface area (Å²) in [6.07, 6.45) is 2.41. The highest BCUT2D eigenvalue weighted by Crippen LogP contribution is 2.20. The summed E-state index contributed by atoms with van der Waals surface area (Å²) in [7, 11) is 0. The Morgan fingerprint density at radius 1 is 1.25 bits per heavy atom. The van der Waals surface area contributed by atoms with Crippen molar-refractivity contribution in [3.63, 3.8) is 0 Å². The molecule has 0 aliphatic carbocycles. The summed E-state index contributed by atoms with van der Waals surface area (Å²) >= 11 is 0. The number of likely N-dealkylation sites (tertiary alicyclic amines) is 1. The third kappa shape index (κ3) is 2.44. The lowest BCUT2D eigenvalue weighted by molar-refractivity contribution is -0.0139. The van der Waals surface area contributed by atoms with Crippen LogP contribution in [0.5, 0.6) is 0 Å². The molecule has 0 amide bonds. The minimum atomic E-state index is 0.281. The van der Waals surface area contributed by atoms with Crippen LogP contribution in [0.25, 0.3) is 0 Å². The van der Waals surface area contributed by atoms with Crippen molar-refractivity contribution in [1.29, 1.82) is 0 Å². The molecule has 1 fully saturated rings. The molecule has 3 nitrogen and oxygen atoms in total. The number of piperidine rings is 1. The lowest BCUT2D eigenvalue weighted by Crippen LogP contribution is -2.47. The van der Waals surface area contributed by atoms with E-state index in [4.69, 9.17) is 10.7 Å². The van der Waals surface area contributed by atoms with Crippen LogP contribution in [-0.4, -0.2) is 29.6 Å². The van der Waals surface area contributed by atoms with Crippen LogP contribution < -0.4 is 5.90 Å². The van der Waals surface area contributed by atoms with Crippen LogP contribution >= 0.6 is 0 Å². The average molecular weight is 172 g/mol. The van der Waals surface area contributed by atoms with Gasteiger partial charge in [0.15, 0.2) is 0 Å². The van der Waals surface area contributed by atoms with Crippen molar-refractivity contribution in [2.75, 3.05) is 13.1 Å². The van der Waals surface area contributed by atoms with Crippen LogP contribution in [0.2, 0.25) is 0 Å². The zero-order chi connectivity index (χ0) is 9.19. The van der Waals surface area contributed by atoms with Gasteiger partial charge in [-0.05, 0) is 33.6 Å². The molecule has 0 radical (unpaired) electrons. The molecule has 1 rings (SSSR count). The number of nitrogens with zero attached hydrogens (tertiary/aromatic N) is 1. The van der Waals surface area contributed by atoms with E-state index in [1.807, 2.05) is 0 Å². The first-order chi connectivity index (χ1) is 5.54. The van der Waals surface area contributed by atoms with Gasteiger partial charge in [-0.1, -0.05) is 0 Å². The quantitative estimate of drug-likeness (QED) is 0.603. The van der Waals surface area contributed by atoms with E-state index in [0.717, 1.165) is 25.9 Å². The molecular weight excluding hydrogens is 152 g/mol. The van der Waals surface area contributed by atoms with Crippen LogP contribution in [0.4, 0.5) is 0 Å². The molecule has 0 unspecified atom stereocenters. The predicted octanol–water partition coefficient (Wildman–Crippen LogP) is 1.14. The SMILES string of the molecule is CC(C)(C)N1CCC(ON)CC1. The third-order valence-corrected chi connectivity index (χ3v) is 2.58. The second-order valence-corrected chi connectivity index (χ2v) is 4.49. The second-order valence-electron chi connectivity index (χ2n) is 4.49. The maximum absolute atomic E-state index is 5.14. The molecule has 0 bridgehead atoms. The van der Waals surface area contributed by atoms with E-state index in [2.05, 4.69) is 25.7 Å². The molecule has 1 aliphatic rings. The van der Waals surface area contributed by atoms with Crippen molar-refractivity contribution in [1.82, 2.24) is 4.90 Å². The summed E-state index contributed by atoms with van der Waals surface area (Å²) in [4.78, 5) is 7.30. The molecule has 1 saturated heterocycles. The van der Waals surface area contributed by atoms with Crippen molar-refractivity contribution < 1.29 is 4.84 Å². The van der Waals surface area contributed by atoms with Gasteiger partial charge in [0.1, 0.15) is 0 Å². The van der Waals surface area contributed by atoms with Crippen molar-refractivity contribution >= 4 is 0 Å². The molecule has 0 aromatic rings. The summed E-state index contributed by atoms with van der Waals surface area (Å²) in [6.45, 7) is 8.95. The van der Waals surface area contributed by atoms with E-state index in [1.54, 1.807) is 0 Å². The van der Waals surface area contributed by atoms with Gasteiger partial charge in [-0.3, -0.25) is 4.90 Å². The molecule has 3 heteroatoms.